The second-order valence-electron chi connectivity index (χ2n) is 5.06. The molecule has 0 aliphatic heterocycles. The summed E-state index contributed by atoms with van der Waals surface area (Å²) in [5, 5.41) is 15.7. The van der Waals surface area contributed by atoms with E-state index in [1.54, 1.807) is 13.1 Å². The Balaban J connectivity index is 2.03. The predicted molar refractivity (Wildman–Crippen MR) is 98.4 cm³/mol. The second-order valence-corrected chi connectivity index (χ2v) is 7.84. The Morgan fingerprint density at radius 2 is 2.28 bits per heavy atom. The molecular formula is C15H14F2N4OS3. The first-order valence-electron chi connectivity index (χ1n) is 7.21. The molecule has 0 radical (unpaired) electrons. The maximum atomic E-state index is 14.6. The maximum absolute atomic E-state index is 14.6. The Morgan fingerprint density at radius 1 is 1.48 bits per heavy atom. The number of alkyl halides is 2. The Kier molecular flexibility index (Phi) is 5.31. The fourth-order valence-electron chi connectivity index (χ4n) is 2.16. The zero-order chi connectivity index (χ0) is 18.0. The third-order valence-corrected chi connectivity index (χ3v) is 6.41. The Hall–Kier alpha value is -1.64. The Morgan fingerprint density at radius 3 is 2.92 bits per heavy atom. The summed E-state index contributed by atoms with van der Waals surface area (Å²) in [5.74, 6) is 1.98. The first-order chi connectivity index (χ1) is 12.0. The van der Waals surface area contributed by atoms with Gasteiger partial charge in [0.1, 0.15) is 15.5 Å². The highest BCUT2D eigenvalue weighted by Gasteiger charge is 2.43. The molecule has 1 atom stereocenters. The van der Waals surface area contributed by atoms with E-state index in [1.807, 2.05) is 5.38 Å². The third kappa shape index (κ3) is 3.38. The van der Waals surface area contributed by atoms with Crippen LogP contribution in [0.1, 0.15) is 22.4 Å². The first-order valence-corrected chi connectivity index (χ1v) is 9.67. The number of nitrogens with one attached hydrogen (secondary N) is 1. The zero-order valence-electron chi connectivity index (χ0n) is 13.0. The van der Waals surface area contributed by atoms with Crippen LogP contribution in [0.2, 0.25) is 0 Å². The number of fused-ring (bicyclic) bond motifs is 1. The molecule has 3 aromatic rings. The average Bonchev–Trinajstić information content (AvgIpc) is 3.30. The number of halogens is 2. The normalized spacial score (nSPS) is 12.8. The highest BCUT2D eigenvalue weighted by Crippen LogP contribution is 2.45. The van der Waals surface area contributed by atoms with E-state index in [1.165, 1.54) is 22.9 Å². The molecule has 10 heteroatoms. The van der Waals surface area contributed by atoms with Gasteiger partial charge in [-0.15, -0.1) is 28.6 Å². The molecular weight excluding hydrogens is 386 g/mol. The molecule has 0 spiro atoms. The monoisotopic (exact) mass is 400 g/mol. The van der Waals surface area contributed by atoms with Crippen LogP contribution in [0, 0.1) is 11.8 Å². The van der Waals surface area contributed by atoms with E-state index >= 15 is 0 Å². The van der Waals surface area contributed by atoms with Crippen LogP contribution in [0.5, 0.6) is 0 Å². The van der Waals surface area contributed by atoms with Crippen LogP contribution >= 0.6 is 34.2 Å². The molecule has 0 aliphatic carbocycles. The number of thiazole rings is 1. The van der Waals surface area contributed by atoms with E-state index in [0.29, 0.717) is 21.8 Å². The van der Waals surface area contributed by atoms with Crippen molar-refractivity contribution in [2.75, 3.05) is 11.9 Å². The zero-order valence-corrected chi connectivity index (χ0v) is 15.5. The van der Waals surface area contributed by atoms with Gasteiger partial charge in [-0.25, -0.2) is 4.98 Å². The Labute approximate surface area is 154 Å². The summed E-state index contributed by atoms with van der Waals surface area (Å²) in [6, 6.07) is -1.69. The van der Waals surface area contributed by atoms with Crippen molar-refractivity contribution in [2.45, 2.75) is 25.4 Å². The van der Waals surface area contributed by atoms with Gasteiger partial charge >= 0.3 is 0 Å². The number of hydrogen-bond acceptors (Lipinski definition) is 8. The van der Waals surface area contributed by atoms with Gasteiger partial charge in [-0.2, -0.15) is 13.2 Å². The van der Waals surface area contributed by atoms with Crippen molar-refractivity contribution in [1.82, 2.24) is 9.36 Å². The number of anilines is 1. The summed E-state index contributed by atoms with van der Waals surface area (Å²) in [7, 11) is 0. The van der Waals surface area contributed by atoms with E-state index in [2.05, 4.69) is 26.5 Å². The molecule has 0 saturated carbocycles. The highest BCUT2D eigenvalue weighted by atomic mass is 32.1. The van der Waals surface area contributed by atoms with Gasteiger partial charge in [-0.1, -0.05) is 5.92 Å². The van der Waals surface area contributed by atoms with E-state index in [0.717, 1.165) is 16.3 Å². The van der Waals surface area contributed by atoms with Gasteiger partial charge < -0.3 is 16.2 Å². The SMILES string of the molecule is CC#Cc1c(C(F)(F)[C@@H](N)CO)sc2c(NCc3nccs3)snc12. The number of hydrogen-bond donors (Lipinski definition) is 3. The van der Waals surface area contributed by atoms with Crippen LogP contribution in [-0.4, -0.2) is 27.1 Å². The first kappa shape index (κ1) is 18.2. The quantitative estimate of drug-likeness (QED) is 0.554. The lowest BCUT2D eigenvalue weighted by atomic mass is 10.1. The number of aliphatic hydroxyl groups is 1. The average molecular weight is 401 g/mol. The molecule has 0 aromatic carbocycles. The molecule has 3 aromatic heterocycles. The lowest BCUT2D eigenvalue weighted by Gasteiger charge is -2.21. The fraction of sp³-hybridized carbons (Fsp3) is 0.333. The minimum atomic E-state index is -3.39. The summed E-state index contributed by atoms with van der Waals surface area (Å²) in [5.41, 5.74) is 6.03. The summed E-state index contributed by atoms with van der Waals surface area (Å²) in [6.07, 6.45) is 1.71. The molecule has 0 aliphatic rings. The summed E-state index contributed by atoms with van der Waals surface area (Å²) in [6.45, 7) is 1.24. The topological polar surface area (TPSA) is 84.1 Å². The van der Waals surface area contributed by atoms with Crippen LogP contribution in [-0.2, 0) is 12.5 Å². The van der Waals surface area contributed by atoms with E-state index in [4.69, 9.17) is 10.8 Å². The molecule has 4 N–H and O–H groups in total. The van der Waals surface area contributed by atoms with Gasteiger partial charge in [0.05, 0.1) is 34.3 Å². The van der Waals surface area contributed by atoms with Crippen LogP contribution in [0.3, 0.4) is 0 Å². The lowest BCUT2D eigenvalue weighted by Crippen LogP contribution is -2.41. The van der Waals surface area contributed by atoms with Crippen LogP contribution in [0.4, 0.5) is 13.8 Å². The predicted octanol–water partition coefficient (Wildman–Crippen LogP) is 3.21. The minimum absolute atomic E-state index is 0.176. The van der Waals surface area contributed by atoms with Crippen molar-refractivity contribution >= 4 is 49.4 Å². The molecule has 132 valence electrons. The van der Waals surface area contributed by atoms with Crippen molar-refractivity contribution in [3.05, 3.63) is 27.0 Å². The van der Waals surface area contributed by atoms with E-state index in [-0.39, 0.29) is 10.4 Å². The molecule has 0 amide bonds. The number of nitrogens with two attached hydrogens (primary N) is 1. The van der Waals surface area contributed by atoms with Crippen LogP contribution < -0.4 is 11.1 Å². The standard InChI is InChI=1S/C15H14F2N4OS3/c1-2-3-8-11-12(24-13(8)15(16,17)9(18)7-22)14(25-21-11)20-6-10-19-4-5-23-10/h4-5,9,20,22H,6-7,18H2,1H3/t9-/m0/s1. The lowest BCUT2D eigenvalue weighted by molar-refractivity contribution is -0.0431. The van der Waals surface area contributed by atoms with Crippen molar-refractivity contribution in [3.63, 3.8) is 0 Å². The number of nitrogens with zero attached hydrogens (tertiary/aromatic N) is 2. The fourth-order valence-corrected chi connectivity index (χ4v) is 4.85. The van der Waals surface area contributed by atoms with Crippen molar-refractivity contribution in [2.24, 2.45) is 5.73 Å². The van der Waals surface area contributed by atoms with Gasteiger partial charge in [0.15, 0.2) is 0 Å². The molecule has 3 rings (SSSR count). The molecule has 25 heavy (non-hydrogen) atoms. The summed E-state index contributed by atoms with van der Waals surface area (Å²) < 4.78 is 34.1. The highest BCUT2D eigenvalue weighted by molar-refractivity contribution is 7.25. The van der Waals surface area contributed by atoms with Gasteiger partial charge in [-0.05, 0) is 18.5 Å². The molecule has 0 fully saturated rings. The number of aliphatic hydroxyl groups excluding tert-OH is 1. The van der Waals surface area contributed by atoms with Crippen molar-refractivity contribution < 1.29 is 13.9 Å². The molecule has 0 saturated heterocycles. The third-order valence-electron chi connectivity index (χ3n) is 3.42. The summed E-state index contributed by atoms with van der Waals surface area (Å²) in [4.78, 5) is 3.92. The van der Waals surface area contributed by atoms with E-state index < -0.39 is 18.6 Å². The number of aromatic nitrogens is 2. The minimum Gasteiger partial charge on any atom is -0.395 e. The van der Waals surface area contributed by atoms with Gasteiger partial charge in [-0.3, -0.25) is 0 Å². The van der Waals surface area contributed by atoms with Crippen LogP contribution in [0.25, 0.3) is 10.2 Å². The molecule has 0 bridgehead atoms. The van der Waals surface area contributed by atoms with Crippen molar-refractivity contribution in [3.8, 4) is 11.8 Å². The molecule has 0 unspecified atom stereocenters. The molecule has 3 heterocycles. The number of rotatable bonds is 6. The van der Waals surface area contributed by atoms with Gasteiger partial charge in [0.2, 0.25) is 0 Å². The number of thiophene rings is 1. The van der Waals surface area contributed by atoms with Crippen molar-refractivity contribution in [1.29, 1.82) is 0 Å². The smallest absolute Gasteiger partial charge is 0.300 e. The molecule has 5 nitrogen and oxygen atoms in total. The summed E-state index contributed by atoms with van der Waals surface area (Å²) >= 11 is 3.61. The maximum Gasteiger partial charge on any atom is 0.300 e. The van der Waals surface area contributed by atoms with Gasteiger partial charge in [0, 0.05) is 11.6 Å². The van der Waals surface area contributed by atoms with Crippen LogP contribution in [0.15, 0.2) is 11.6 Å². The second kappa shape index (κ2) is 7.31. The van der Waals surface area contributed by atoms with E-state index in [9.17, 15) is 8.78 Å². The Bertz CT molecular complexity index is 924. The van der Waals surface area contributed by atoms with Gasteiger partial charge in [0.25, 0.3) is 5.92 Å². The largest absolute Gasteiger partial charge is 0.395 e.